The van der Waals surface area contributed by atoms with Crippen LogP contribution in [0.1, 0.15) is 25.6 Å². The molecule has 0 saturated carbocycles. The fourth-order valence-corrected chi connectivity index (χ4v) is 1.78. The summed E-state index contributed by atoms with van der Waals surface area (Å²) >= 11 is 0. The minimum Gasteiger partial charge on any atom is -0.383 e. The number of anilines is 2. The first-order valence-corrected chi connectivity index (χ1v) is 6.91. The van der Waals surface area contributed by atoms with E-state index in [4.69, 9.17) is 10.00 Å². The summed E-state index contributed by atoms with van der Waals surface area (Å²) in [6, 6.07) is 4.09. The molecule has 0 atom stereocenters. The van der Waals surface area contributed by atoms with Crippen molar-refractivity contribution in [3.63, 3.8) is 0 Å². The van der Waals surface area contributed by atoms with Gasteiger partial charge in [-0.15, -0.1) is 0 Å². The van der Waals surface area contributed by atoms with Gasteiger partial charge in [0.1, 0.15) is 17.5 Å². The number of hydrogen-bond donors (Lipinski definition) is 1. The van der Waals surface area contributed by atoms with Crippen LogP contribution in [0, 0.1) is 18.3 Å². The third-order valence-electron chi connectivity index (χ3n) is 2.76. The third kappa shape index (κ3) is 5.41. The summed E-state index contributed by atoms with van der Waals surface area (Å²) in [5.74, 6) is 2.39. The van der Waals surface area contributed by atoms with Crippen LogP contribution in [0.3, 0.4) is 0 Å². The number of hydrogen-bond acceptors (Lipinski definition) is 6. The van der Waals surface area contributed by atoms with Crippen molar-refractivity contribution in [1.29, 1.82) is 5.26 Å². The summed E-state index contributed by atoms with van der Waals surface area (Å²) in [4.78, 5) is 10.9. The first-order valence-electron chi connectivity index (χ1n) is 6.91. The number of rotatable bonds is 9. The zero-order valence-corrected chi connectivity index (χ0v) is 12.5. The van der Waals surface area contributed by atoms with E-state index >= 15 is 0 Å². The maximum absolute atomic E-state index is 8.76. The number of methoxy groups -OCH3 is 1. The predicted octanol–water partition coefficient (Wildman–Crippen LogP) is 1.97. The average molecular weight is 277 g/mol. The average Bonchev–Trinajstić information content (AvgIpc) is 2.44. The maximum atomic E-state index is 8.76. The summed E-state index contributed by atoms with van der Waals surface area (Å²) in [5, 5.41) is 12.0. The topological polar surface area (TPSA) is 74.1 Å². The fourth-order valence-electron chi connectivity index (χ4n) is 1.78. The molecule has 1 heterocycles. The van der Waals surface area contributed by atoms with Crippen LogP contribution in [0.25, 0.3) is 0 Å². The molecule has 0 aliphatic carbocycles. The highest BCUT2D eigenvalue weighted by molar-refractivity contribution is 5.49. The normalized spacial score (nSPS) is 10.1. The van der Waals surface area contributed by atoms with Crippen molar-refractivity contribution in [2.75, 3.05) is 43.6 Å². The van der Waals surface area contributed by atoms with E-state index in [1.54, 1.807) is 7.11 Å². The van der Waals surface area contributed by atoms with Gasteiger partial charge in [-0.2, -0.15) is 5.26 Å². The van der Waals surface area contributed by atoms with Crippen molar-refractivity contribution >= 4 is 11.6 Å². The minimum absolute atomic E-state index is 0.463. The Morgan fingerprint density at radius 1 is 1.40 bits per heavy atom. The standard InChI is InChI=1S/C14H23N5O/c1-4-7-16-13-11-14(18-12(2)17-13)19(8-5-6-15)9-10-20-3/h11H,4-5,7-10H2,1-3H3,(H,16,17,18). The largest absolute Gasteiger partial charge is 0.383 e. The quantitative estimate of drug-likeness (QED) is 0.744. The molecule has 1 aromatic rings. The lowest BCUT2D eigenvalue weighted by molar-refractivity contribution is 0.205. The molecule has 1 N–H and O–H groups in total. The number of nitrogens with one attached hydrogen (secondary N) is 1. The van der Waals surface area contributed by atoms with Crippen molar-refractivity contribution < 1.29 is 4.74 Å². The van der Waals surface area contributed by atoms with E-state index in [9.17, 15) is 0 Å². The smallest absolute Gasteiger partial charge is 0.134 e. The van der Waals surface area contributed by atoms with Crippen LogP contribution in [-0.2, 0) is 4.74 Å². The van der Waals surface area contributed by atoms with Gasteiger partial charge in [-0.1, -0.05) is 6.92 Å². The Kier molecular flexibility index (Phi) is 7.36. The Morgan fingerprint density at radius 3 is 2.85 bits per heavy atom. The number of nitrogens with zero attached hydrogens (tertiary/aromatic N) is 4. The van der Waals surface area contributed by atoms with Crippen LogP contribution in [0.4, 0.5) is 11.6 Å². The molecule has 6 heteroatoms. The number of ether oxygens (including phenoxy) is 1. The Morgan fingerprint density at radius 2 is 2.20 bits per heavy atom. The van der Waals surface area contributed by atoms with Crippen LogP contribution < -0.4 is 10.2 Å². The molecule has 0 saturated heterocycles. The SMILES string of the molecule is CCCNc1cc(N(CCC#N)CCOC)nc(C)n1. The molecule has 1 rings (SSSR count). The van der Waals surface area contributed by atoms with E-state index in [2.05, 4.69) is 33.2 Å². The molecule has 20 heavy (non-hydrogen) atoms. The summed E-state index contributed by atoms with van der Waals surface area (Å²) in [7, 11) is 1.67. The van der Waals surface area contributed by atoms with E-state index in [1.807, 2.05) is 13.0 Å². The molecule has 0 unspecified atom stereocenters. The number of aryl methyl sites for hydroxylation is 1. The second kappa shape index (κ2) is 9.10. The second-order valence-electron chi connectivity index (χ2n) is 4.47. The lowest BCUT2D eigenvalue weighted by Gasteiger charge is -2.23. The van der Waals surface area contributed by atoms with Crippen molar-refractivity contribution in [3.8, 4) is 6.07 Å². The van der Waals surface area contributed by atoms with Gasteiger partial charge in [0.05, 0.1) is 19.1 Å². The summed E-state index contributed by atoms with van der Waals surface area (Å²) < 4.78 is 5.12. The van der Waals surface area contributed by atoms with Crippen LogP contribution >= 0.6 is 0 Å². The molecule has 0 radical (unpaired) electrons. The highest BCUT2D eigenvalue weighted by atomic mass is 16.5. The van der Waals surface area contributed by atoms with E-state index in [0.29, 0.717) is 26.1 Å². The van der Waals surface area contributed by atoms with E-state index in [-0.39, 0.29) is 0 Å². The Labute approximate surface area is 120 Å². The monoisotopic (exact) mass is 277 g/mol. The van der Waals surface area contributed by atoms with Crippen molar-refractivity contribution in [1.82, 2.24) is 9.97 Å². The molecule has 0 aliphatic heterocycles. The van der Waals surface area contributed by atoms with E-state index in [1.165, 1.54) is 0 Å². The summed E-state index contributed by atoms with van der Waals surface area (Å²) in [6.45, 7) is 6.82. The van der Waals surface area contributed by atoms with Gasteiger partial charge in [-0.25, -0.2) is 9.97 Å². The van der Waals surface area contributed by atoms with Gasteiger partial charge in [0.25, 0.3) is 0 Å². The molecular formula is C14H23N5O. The zero-order valence-electron chi connectivity index (χ0n) is 12.5. The highest BCUT2D eigenvalue weighted by Gasteiger charge is 2.10. The number of aromatic nitrogens is 2. The first kappa shape index (κ1) is 16.2. The minimum atomic E-state index is 0.463. The Bertz CT molecular complexity index is 444. The molecule has 0 aromatic carbocycles. The van der Waals surface area contributed by atoms with Gasteiger partial charge >= 0.3 is 0 Å². The fraction of sp³-hybridized carbons (Fsp3) is 0.643. The Hall–Kier alpha value is -1.87. The number of nitriles is 1. The highest BCUT2D eigenvalue weighted by Crippen LogP contribution is 2.16. The molecule has 0 bridgehead atoms. The zero-order chi connectivity index (χ0) is 14.8. The molecule has 6 nitrogen and oxygen atoms in total. The van der Waals surface area contributed by atoms with Crippen LogP contribution in [-0.4, -0.2) is 43.3 Å². The molecule has 0 amide bonds. The van der Waals surface area contributed by atoms with Crippen LogP contribution in [0.5, 0.6) is 0 Å². The molecule has 1 aromatic heterocycles. The van der Waals surface area contributed by atoms with Crippen molar-refractivity contribution in [2.24, 2.45) is 0 Å². The molecule has 0 fully saturated rings. The van der Waals surface area contributed by atoms with Crippen molar-refractivity contribution in [2.45, 2.75) is 26.7 Å². The first-order chi connectivity index (χ1) is 9.71. The van der Waals surface area contributed by atoms with Gasteiger partial charge in [-0.05, 0) is 13.3 Å². The third-order valence-corrected chi connectivity index (χ3v) is 2.76. The summed E-state index contributed by atoms with van der Waals surface area (Å²) in [6.07, 6.45) is 1.50. The van der Waals surface area contributed by atoms with Gasteiger partial charge in [0.15, 0.2) is 0 Å². The molecule has 0 spiro atoms. The van der Waals surface area contributed by atoms with Gasteiger partial charge in [0.2, 0.25) is 0 Å². The predicted molar refractivity (Wildman–Crippen MR) is 79.9 cm³/mol. The van der Waals surface area contributed by atoms with Gasteiger partial charge < -0.3 is 15.0 Å². The van der Waals surface area contributed by atoms with Crippen LogP contribution in [0.15, 0.2) is 6.07 Å². The second-order valence-corrected chi connectivity index (χ2v) is 4.47. The van der Waals surface area contributed by atoms with Crippen LogP contribution in [0.2, 0.25) is 0 Å². The maximum Gasteiger partial charge on any atom is 0.134 e. The summed E-state index contributed by atoms with van der Waals surface area (Å²) in [5.41, 5.74) is 0. The Balaban J connectivity index is 2.87. The van der Waals surface area contributed by atoms with Crippen molar-refractivity contribution in [3.05, 3.63) is 11.9 Å². The lowest BCUT2D eigenvalue weighted by Crippen LogP contribution is -2.29. The van der Waals surface area contributed by atoms with E-state index < -0.39 is 0 Å². The molecule has 0 aliphatic rings. The van der Waals surface area contributed by atoms with Gasteiger partial charge in [0, 0.05) is 32.8 Å². The van der Waals surface area contributed by atoms with Gasteiger partial charge in [-0.3, -0.25) is 0 Å². The van der Waals surface area contributed by atoms with E-state index in [0.717, 1.165) is 30.4 Å². The lowest BCUT2D eigenvalue weighted by atomic mass is 10.3. The molecule has 110 valence electrons. The molecular weight excluding hydrogens is 254 g/mol.